The Bertz CT molecular complexity index is 1150. The first-order chi connectivity index (χ1) is 15.0. The van der Waals surface area contributed by atoms with Crippen molar-refractivity contribution >= 4 is 63.3 Å². The van der Waals surface area contributed by atoms with Crippen LogP contribution in [-0.2, 0) is 13.1 Å². The van der Waals surface area contributed by atoms with E-state index < -0.39 is 5.97 Å². The first kappa shape index (κ1) is 24.7. The van der Waals surface area contributed by atoms with Crippen molar-refractivity contribution < 1.29 is 9.90 Å². The van der Waals surface area contributed by atoms with Gasteiger partial charge < -0.3 is 10.0 Å². The molecule has 0 aliphatic rings. The van der Waals surface area contributed by atoms with Crippen molar-refractivity contribution in [2.24, 2.45) is 0 Å². The van der Waals surface area contributed by atoms with Gasteiger partial charge in [-0.3, -0.25) is 0 Å². The van der Waals surface area contributed by atoms with Crippen molar-refractivity contribution in [1.82, 2.24) is 4.98 Å². The van der Waals surface area contributed by atoms with Gasteiger partial charge in [-0.25, -0.2) is 9.78 Å². The molecular formula is C25H25N2NaO2S2. The zero-order valence-corrected chi connectivity index (χ0v) is 19.1. The molecule has 0 atom stereocenters. The van der Waals surface area contributed by atoms with Gasteiger partial charge in [0.2, 0.25) is 0 Å². The van der Waals surface area contributed by atoms with Gasteiger partial charge in [0.05, 0.1) is 17.8 Å². The van der Waals surface area contributed by atoms with Crippen LogP contribution in [-0.4, -0.2) is 45.6 Å². The molecule has 0 bridgehead atoms. The molecule has 0 fully saturated rings. The topological polar surface area (TPSA) is 53.4 Å². The minimum absolute atomic E-state index is 0. The van der Waals surface area contributed by atoms with E-state index in [0.29, 0.717) is 18.0 Å². The van der Waals surface area contributed by atoms with Crippen molar-refractivity contribution in [2.45, 2.75) is 32.9 Å². The van der Waals surface area contributed by atoms with Crippen LogP contribution in [0.5, 0.6) is 0 Å². The van der Waals surface area contributed by atoms with Crippen LogP contribution in [0.15, 0.2) is 71.4 Å². The fraction of sp³-hybridized carbons (Fsp3) is 0.200. The molecular weight excluding hydrogens is 447 g/mol. The number of rotatable bonds is 8. The van der Waals surface area contributed by atoms with Crippen LogP contribution in [0.2, 0.25) is 0 Å². The van der Waals surface area contributed by atoms with Gasteiger partial charge in [0.1, 0.15) is 0 Å². The quantitative estimate of drug-likeness (QED) is 0.308. The van der Waals surface area contributed by atoms with Crippen molar-refractivity contribution in [3.8, 4) is 11.3 Å². The van der Waals surface area contributed by atoms with Crippen LogP contribution in [0.3, 0.4) is 0 Å². The Morgan fingerprint density at radius 1 is 1.03 bits per heavy atom. The number of hydrogen-bond donors (Lipinski definition) is 1. The molecule has 2 aromatic carbocycles. The number of carboxylic acid groups (broad SMARTS) is 1. The van der Waals surface area contributed by atoms with Crippen molar-refractivity contribution in [3.05, 3.63) is 93.0 Å². The van der Waals surface area contributed by atoms with Crippen LogP contribution in [0.1, 0.15) is 46.1 Å². The summed E-state index contributed by atoms with van der Waals surface area (Å²) in [6, 6.07) is 19.9. The molecule has 0 amide bonds. The maximum atomic E-state index is 11.4. The van der Waals surface area contributed by atoms with Gasteiger partial charge in [-0.1, -0.05) is 56.3 Å². The van der Waals surface area contributed by atoms with Gasteiger partial charge in [0.25, 0.3) is 0 Å². The van der Waals surface area contributed by atoms with Crippen LogP contribution in [0.4, 0.5) is 5.13 Å². The Balaban J connectivity index is 0.00000289. The van der Waals surface area contributed by atoms with Crippen LogP contribution < -0.4 is 4.90 Å². The first-order valence-electron chi connectivity index (χ1n) is 10.1. The van der Waals surface area contributed by atoms with E-state index in [4.69, 9.17) is 4.98 Å². The zero-order valence-electron chi connectivity index (χ0n) is 17.5. The van der Waals surface area contributed by atoms with E-state index in [-0.39, 0.29) is 29.6 Å². The minimum atomic E-state index is -0.909. The fourth-order valence-corrected chi connectivity index (χ4v) is 4.94. The molecule has 1 N–H and O–H groups in total. The second-order valence-electron chi connectivity index (χ2n) is 7.73. The molecule has 0 aliphatic carbocycles. The Labute approximate surface area is 218 Å². The zero-order chi connectivity index (χ0) is 21.8. The average molecular weight is 473 g/mol. The van der Waals surface area contributed by atoms with E-state index in [1.54, 1.807) is 40.9 Å². The molecule has 4 nitrogen and oxygen atoms in total. The SMILES string of the molecule is CC(C)c1ccc(-c2csc(N(Cc3cccc(C(=O)O)c3)Cc3cccs3)n2)cc1.[NaH]. The van der Waals surface area contributed by atoms with Crippen LogP contribution >= 0.6 is 22.7 Å². The van der Waals surface area contributed by atoms with Gasteiger partial charge in [-0.2, -0.15) is 0 Å². The van der Waals surface area contributed by atoms with Crippen LogP contribution in [0, 0.1) is 0 Å². The number of carboxylic acids is 1. The summed E-state index contributed by atoms with van der Waals surface area (Å²) in [6.45, 7) is 5.71. The fourth-order valence-electron chi connectivity index (χ4n) is 3.39. The second-order valence-corrected chi connectivity index (χ2v) is 9.60. The number of benzene rings is 2. The number of aromatic carboxylic acids is 1. The Hall–Kier alpha value is -1.96. The number of anilines is 1. The number of carbonyl (C=O) groups is 1. The van der Waals surface area contributed by atoms with Crippen molar-refractivity contribution in [3.63, 3.8) is 0 Å². The molecule has 0 saturated carbocycles. The van der Waals surface area contributed by atoms with Gasteiger partial charge in [-0.15, -0.1) is 22.7 Å². The van der Waals surface area contributed by atoms with E-state index in [1.165, 1.54) is 10.4 Å². The summed E-state index contributed by atoms with van der Waals surface area (Å²) in [5.74, 6) is -0.407. The predicted molar refractivity (Wildman–Crippen MR) is 136 cm³/mol. The van der Waals surface area contributed by atoms with Gasteiger partial charge >= 0.3 is 35.5 Å². The molecule has 160 valence electrons. The second kappa shape index (κ2) is 11.3. The monoisotopic (exact) mass is 472 g/mol. The molecule has 2 aromatic heterocycles. The number of nitrogens with zero attached hydrogens (tertiary/aromatic N) is 2. The van der Waals surface area contributed by atoms with Gasteiger partial charge in [0.15, 0.2) is 5.13 Å². The van der Waals surface area contributed by atoms with Crippen molar-refractivity contribution in [2.75, 3.05) is 4.90 Å². The first-order valence-corrected chi connectivity index (χ1v) is 11.9. The third-order valence-electron chi connectivity index (χ3n) is 5.11. The van der Waals surface area contributed by atoms with Crippen molar-refractivity contribution in [1.29, 1.82) is 0 Å². The van der Waals surface area contributed by atoms with E-state index in [9.17, 15) is 9.90 Å². The molecule has 7 heteroatoms. The summed E-state index contributed by atoms with van der Waals surface area (Å²) in [4.78, 5) is 19.7. The summed E-state index contributed by atoms with van der Waals surface area (Å²) in [7, 11) is 0. The molecule has 32 heavy (non-hydrogen) atoms. The third-order valence-corrected chi connectivity index (χ3v) is 6.87. The number of aromatic nitrogens is 1. The predicted octanol–water partition coefficient (Wildman–Crippen LogP) is 6.25. The summed E-state index contributed by atoms with van der Waals surface area (Å²) >= 11 is 3.33. The molecule has 2 heterocycles. The molecule has 4 rings (SSSR count). The standard InChI is InChI=1S/C25H24N2O2S2.Na.H/c1-17(2)19-8-10-20(11-9-19)23-16-31-25(26-23)27(15-22-7-4-12-30-22)14-18-5-3-6-21(13-18)24(28)29;;/h3-13,16-17H,14-15H2,1-2H3,(H,28,29);;. The number of hydrogen-bond acceptors (Lipinski definition) is 5. The molecule has 4 aromatic rings. The Morgan fingerprint density at radius 2 is 1.81 bits per heavy atom. The molecule has 0 radical (unpaired) electrons. The van der Waals surface area contributed by atoms with E-state index in [2.05, 4.69) is 59.8 Å². The maximum absolute atomic E-state index is 11.4. The normalized spacial score (nSPS) is 10.7. The number of thiazole rings is 1. The van der Waals surface area contributed by atoms with Crippen LogP contribution in [0.25, 0.3) is 11.3 Å². The summed E-state index contributed by atoms with van der Waals surface area (Å²) in [5.41, 5.74) is 4.64. The van der Waals surface area contributed by atoms with Gasteiger partial charge in [-0.05, 0) is 40.6 Å². The average Bonchev–Trinajstić information content (AvgIpc) is 3.46. The molecule has 0 aliphatic heterocycles. The number of thiophene rings is 1. The van der Waals surface area contributed by atoms with Gasteiger partial charge in [0, 0.05) is 22.4 Å². The molecule has 0 spiro atoms. The van der Waals surface area contributed by atoms with E-state index in [1.807, 2.05) is 12.1 Å². The molecule has 0 unspecified atom stereocenters. The Morgan fingerprint density at radius 3 is 2.47 bits per heavy atom. The summed E-state index contributed by atoms with van der Waals surface area (Å²) < 4.78 is 0. The summed E-state index contributed by atoms with van der Waals surface area (Å²) in [6.07, 6.45) is 0. The van der Waals surface area contributed by atoms with E-state index >= 15 is 0 Å². The van der Waals surface area contributed by atoms with E-state index in [0.717, 1.165) is 28.5 Å². The third kappa shape index (κ3) is 6.09. The molecule has 0 saturated heterocycles. The summed E-state index contributed by atoms with van der Waals surface area (Å²) in [5, 5.41) is 14.4. The Kier molecular flexibility index (Phi) is 8.68.